The summed E-state index contributed by atoms with van der Waals surface area (Å²) in [6, 6.07) is 7.92. The molecule has 142 valence electrons. The predicted octanol–water partition coefficient (Wildman–Crippen LogP) is 2.37. The fraction of sp³-hybridized carbons (Fsp3) is 0.611. The lowest BCUT2D eigenvalue weighted by Gasteiger charge is -2.21. The molecule has 1 unspecified atom stereocenters. The van der Waals surface area contributed by atoms with Crippen LogP contribution in [0.4, 0.5) is 0 Å². The second-order valence-electron chi connectivity index (χ2n) is 5.89. The lowest BCUT2D eigenvalue weighted by molar-refractivity contribution is 0.123. The Morgan fingerprint density at radius 2 is 2.12 bits per heavy atom. The second kappa shape index (κ2) is 12.3. The standard InChI is InChI=1S/C18H29N3O3.HI/c1-19-18(21-10-8-15(12-21)13-22-2)20-9-11-24-14-16-6-4-5-7-17(16)23-3;/h4-7,15H,8-14H2,1-3H3,(H,19,20);1H. The molecule has 1 heterocycles. The number of aliphatic imine (C=N–C) groups is 1. The Labute approximate surface area is 167 Å². The number of hydrogen-bond acceptors (Lipinski definition) is 4. The van der Waals surface area contributed by atoms with Crippen molar-refractivity contribution >= 4 is 29.9 Å². The van der Waals surface area contributed by atoms with Crippen LogP contribution in [0.5, 0.6) is 5.75 Å². The summed E-state index contributed by atoms with van der Waals surface area (Å²) in [7, 11) is 5.26. The van der Waals surface area contributed by atoms with Crippen LogP contribution in [-0.4, -0.2) is 65.0 Å². The number of hydrogen-bond donors (Lipinski definition) is 1. The van der Waals surface area contributed by atoms with Gasteiger partial charge in [0, 0.05) is 45.3 Å². The molecule has 1 N–H and O–H groups in total. The van der Waals surface area contributed by atoms with Crippen molar-refractivity contribution in [1.29, 1.82) is 0 Å². The van der Waals surface area contributed by atoms with Gasteiger partial charge in [0.15, 0.2) is 5.96 Å². The first-order valence-electron chi connectivity index (χ1n) is 8.42. The Bertz CT molecular complexity index is 528. The van der Waals surface area contributed by atoms with Gasteiger partial charge in [0.25, 0.3) is 0 Å². The minimum Gasteiger partial charge on any atom is -0.496 e. The number of guanidine groups is 1. The van der Waals surface area contributed by atoms with Crippen LogP contribution in [0, 0.1) is 5.92 Å². The predicted molar refractivity (Wildman–Crippen MR) is 111 cm³/mol. The van der Waals surface area contributed by atoms with Gasteiger partial charge in [-0.3, -0.25) is 4.99 Å². The average Bonchev–Trinajstić information content (AvgIpc) is 3.07. The van der Waals surface area contributed by atoms with Crippen LogP contribution in [0.15, 0.2) is 29.3 Å². The van der Waals surface area contributed by atoms with Gasteiger partial charge >= 0.3 is 0 Å². The van der Waals surface area contributed by atoms with Crippen molar-refractivity contribution in [1.82, 2.24) is 10.2 Å². The summed E-state index contributed by atoms with van der Waals surface area (Å²) in [5.74, 6) is 2.40. The molecule has 25 heavy (non-hydrogen) atoms. The first-order valence-corrected chi connectivity index (χ1v) is 8.42. The van der Waals surface area contributed by atoms with Crippen LogP contribution in [-0.2, 0) is 16.1 Å². The molecule has 1 fully saturated rings. The molecule has 1 aromatic carbocycles. The molecule has 0 spiro atoms. The van der Waals surface area contributed by atoms with Crippen molar-refractivity contribution in [2.45, 2.75) is 13.0 Å². The molecule has 1 aliphatic rings. The highest BCUT2D eigenvalue weighted by Gasteiger charge is 2.24. The van der Waals surface area contributed by atoms with E-state index in [9.17, 15) is 0 Å². The SMILES string of the molecule is CN=C(NCCOCc1ccccc1OC)N1CCC(COC)C1.I. The van der Waals surface area contributed by atoms with Crippen molar-refractivity contribution in [2.24, 2.45) is 10.9 Å². The molecule has 0 aromatic heterocycles. The molecular formula is C18H30IN3O3. The van der Waals surface area contributed by atoms with Crippen LogP contribution in [0.1, 0.15) is 12.0 Å². The van der Waals surface area contributed by atoms with Gasteiger partial charge in [0.2, 0.25) is 0 Å². The van der Waals surface area contributed by atoms with E-state index in [1.54, 1.807) is 14.2 Å². The summed E-state index contributed by atoms with van der Waals surface area (Å²) in [6.45, 7) is 4.73. The lowest BCUT2D eigenvalue weighted by atomic mass is 10.1. The van der Waals surface area contributed by atoms with Gasteiger partial charge in [0.1, 0.15) is 5.75 Å². The smallest absolute Gasteiger partial charge is 0.193 e. The van der Waals surface area contributed by atoms with Crippen LogP contribution in [0.25, 0.3) is 0 Å². The lowest BCUT2D eigenvalue weighted by Crippen LogP contribution is -2.41. The summed E-state index contributed by atoms with van der Waals surface area (Å²) in [5, 5.41) is 3.37. The molecule has 1 atom stereocenters. The second-order valence-corrected chi connectivity index (χ2v) is 5.89. The van der Waals surface area contributed by atoms with E-state index in [4.69, 9.17) is 14.2 Å². The van der Waals surface area contributed by atoms with Crippen LogP contribution in [0.3, 0.4) is 0 Å². The van der Waals surface area contributed by atoms with Gasteiger partial charge in [-0.25, -0.2) is 0 Å². The quantitative estimate of drug-likeness (QED) is 0.278. The zero-order valence-corrected chi connectivity index (χ0v) is 17.7. The van der Waals surface area contributed by atoms with Crippen molar-refractivity contribution in [3.05, 3.63) is 29.8 Å². The first-order chi connectivity index (χ1) is 11.8. The zero-order chi connectivity index (χ0) is 17.2. The molecule has 6 nitrogen and oxygen atoms in total. The van der Waals surface area contributed by atoms with Crippen molar-refractivity contribution in [3.8, 4) is 5.75 Å². The van der Waals surface area contributed by atoms with E-state index in [-0.39, 0.29) is 24.0 Å². The fourth-order valence-corrected chi connectivity index (χ4v) is 2.97. The molecule has 1 saturated heterocycles. The van der Waals surface area contributed by atoms with Gasteiger partial charge in [-0.15, -0.1) is 24.0 Å². The zero-order valence-electron chi connectivity index (χ0n) is 15.4. The number of methoxy groups -OCH3 is 2. The number of nitrogens with one attached hydrogen (secondary N) is 1. The summed E-state index contributed by atoms with van der Waals surface area (Å²) in [5.41, 5.74) is 1.06. The van der Waals surface area contributed by atoms with Gasteiger partial charge < -0.3 is 24.4 Å². The highest BCUT2D eigenvalue weighted by Crippen LogP contribution is 2.18. The summed E-state index contributed by atoms with van der Waals surface area (Å²) in [6.07, 6.45) is 1.15. The molecule has 1 aliphatic heterocycles. The first kappa shape index (κ1) is 22.0. The maximum absolute atomic E-state index is 5.74. The number of nitrogens with zero attached hydrogens (tertiary/aromatic N) is 2. The molecule has 0 radical (unpaired) electrons. The molecule has 1 aromatic rings. The van der Waals surface area contributed by atoms with Crippen molar-refractivity contribution in [3.63, 3.8) is 0 Å². The summed E-state index contributed by atoms with van der Waals surface area (Å²) < 4.78 is 16.3. The Kier molecular flexibility index (Phi) is 10.8. The third kappa shape index (κ3) is 6.99. The Morgan fingerprint density at radius 1 is 1.32 bits per heavy atom. The molecular weight excluding hydrogens is 433 g/mol. The Morgan fingerprint density at radius 3 is 2.84 bits per heavy atom. The number of rotatable bonds is 8. The molecule has 0 amide bonds. The van der Waals surface area contributed by atoms with E-state index < -0.39 is 0 Å². The van der Waals surface area contributed by atoms with E-state index >= 15 is 0 Å². The van der Waals surface area contributed by atoms with E-state index in [0.717, 1.165) is 49.9 Å². The molecule has 7 heteroatoms. The normalized spacial score (nSPS) is 17.3. The number of likely N-dealkylation sites (tertiary alicyclic amines) is 1. The van der Waals surface area contributed by atoms with E-state index in [2.05, 4.69) is 15.2 Å². The molecule has 0 aliphatic carbocycles. The fourth-order valence-electron chi connectivity index (χ4n) is 2.97. The van der Waals surface area contributed by atoms with Crippen molar-refractivity contribution in [2.75, 3.05) is 54.1 Å². The van der Waals surface area contributed by atoms with Gasteiger partial charge in [-0.2, -0.15) is 0 Å². The van der Waals surface area contributed by atoms with Gasteiger partial charge in [-0.1, -0.05) is 18.2 Å². The van der Waals surface area contributed by atoms with Crippen LogP contribution < -0.4 is 10.1 Å². The largest absolute Gasteiger partial charge is 0.496 e. The number of halogens is 1. The summed E-state index contributed by atoms with van der Waals surface area (Å²) in [4.78, 5) is 6.64. The minimum absolute atomic E-state index is 0. The maximum Gasteiger partial charge on any atom is 0.193 e. The van der Waals surface area contributed by atoms with Gasteiger partial charge in [-0.05, 0) is 12.5 Å². The average molecular weight is 463 g/mol. The number of benzene rings is 1. The van der Waals surface area contributed by atoms with Crippen LogP contribution in [0.2, 0.25) is 0 Å². The monoisotopic (exact) mass is 463 g/mol. The molecule has 0 bridgehead atoms. The third-order valence-corrected chi connectivity index (χ3v) is 4.18. The third-order valence-electron chi connectivity index (χ3n) is 4.18. The Balaban J connectivity index is 0.00000312. The minimum atomic E-state index is 0. The molecule has 0 saturated carbocycles. The van der Waals surface area contributed by atoms with E-state index in [1.165, 1.54) is 0 Å². The van der Waals surface area contributed by atoms with Gasteiger partial charge in [0.05, 0.1) is 26.9 Å². The van der Waals surface area contributed by atoms with E-state index in [1.807, 2.05) is 31.3 Å². The van der Waals surface area contributed by atoms with E-state index in [0.29, 0.717) is 19.1 Å². The highest BCUT2D eigenvalue weighted by atomic mass is 127. The summed E-state index contributed by atoms with van der Waals surface area (Å²) >= 11 is 0. The molecule has 2 rings (SSSR count). The topological polar surface area (TPSA) is 55.3 Å². The van der Waals surface area contributed by atoms with Crippen LogP contribution >= 0.6 is 24.0 Å². The highest BCUT2D eigenvalue weighted by molar-refractivity contribution is 14.0. The van der Waals surface area contributed by atoms with Crippen molar-refractivity contribution < 1.29 is 14.2 Å². The maximum atomic E-state index is 5.74. The Hall–Kier alpha value is -1.06. The number of para-hydroxylation sites is 1. The number of ether oxygens (including phenoxy) is 3.